The number of aryl methyl sites for hydroxylation is 1. The van der Waals surface area contributed by atoms with Gasteiger partial charge in [-0.05, 0) is 50.2 Å². The van der Waals surface area contributed by atoms with Crippen LogP contribution < -0.4 is 5.32 Å². The Labute approximate surface area is 206 Å². The van der Waals surface area contributed by atoms with Gasteiger partial charge in [0.15, 0.2) is 11.0 Å². The fourth-order valence-corrected chi connectivity index (χ4v) is 4.49. The van der Waals surface area contributed by atoms with Gasteiger partial charge in [0.25, 0.3) is 0 Å². The summed E-state index contributed by atoms with van der Waals surface area (Å²) < 4.78 is 9.29. The maximum absolute atomic E-state index is 12.9. The molecule has 0 aliphatic heterocycles. The molecule has 0 saturated heterocycles. The van der Waals surface area contributed by atoms with Crippen LogP contribution in [0.25, 0.3) is 17.1 Å². The van der Waals surface area contributed by atoms with Crippen molar-refractivity contribution in [2.75, 3.05) is 11.1 Å². The molecule has 1 amide bonds. The predicted octanol–water partition coefficient (Wildman–Crippen LogP) is 4.51. The van der Waals surface area contributed by atoms with Gasteiger partial charge in [-0.15, -0.1) is 10.2 Å². The topological polar surface area (TPSA) is 104 Å². The first-order chi connectivity index (χ1) is 17.1. The molecule has 0 fully saturated rings. The van der Waals surface area contributed by atoms with Gasteiger partial charge in [0, 0.05) is 18.0 Å². The molecule has 176 valence electrons. The highest BCUT2D eigenvalue weighted by atomic mass is 32.2. The van der Waals surface area contributed by atoms with E-state index in [0.717, 1.165) is 28.4 Å². The van der Waals surface area contributed by atoms with E-state index in [0.29, 0.717) is 23.2 Å². The van der Waals surface area contributed by atoms with Crippen LogP contribution in [0.4, 0.5) is 5.69 Å². The molecule has 1 aromatic carbocycles. The van der Waals surface area contributed by atoms with Crippen molar-refractivity contribution in [1.82, 2.24) is 29.5 Å². The molecular weight excluding hydrogens is 462 g/mol. The van der Waals surface area contributed by atoms with E-state index in [4.69, 9.17) is 4.42 Å². The lowest BCUT2D eigenvalue weighted by molar-refractivity contribution is -0.113. The number of benzene rings is 1. The number of carbonyl (C=O) groups is 1. The molecule has 0 atom stereocenters. The highest BCUT2D eigenvalue weighted by molar-refractivity contribution is 7.99. The number of rotatable bonds is 8. The van der Waals surface area contributed by atoms with Crippen molar-refractivity contribution in [3.63, 3.8) is 0 Å². The number of anilines is 1. The van der Waals surface area contributed by atoms with Crippen molar-refractivity contribution in [3.05, 3.63) is 90.4 Å². The SMILES string of the molecule is Cc1nn(-c2ccccc2)c(C)c1NC(=O)CSc1nnc(-c2cccnc2)n1Cc1ccco1. The number of nitrogens with zero attached hydrogens (tertiary/aromatic N) is 6. The van der Waals surface area contributed by atoms with Gasteiger partial charge in [0.05, 0.1) is 41.3 Å². The molecule has 0 radical (unpaired) electrons. The number of furan rings is 1. The average Bonchev–Trinajstić information content (AvgIpc) is 3.61. The Bertz CT molecular complexity index is 1430. The molecule has 10 heteroatoms. The lowest BCUT2D eigenvalue weighted by Crippen LogP contribution is -2.16. The summed E-state index contributed by atoms with van der Waals surface area (Å²) in [5.41, 5.74) is 4.11. The summed E-state index contributed by atoms with van der Waals surface area (Å²) in [4.78, 5) is 17.1. The van der Waals surface area contributed by atoms with Crippen molar-refractivity contribution in [3.8, 4) is 17.1 Å². The summed E-state index contributed by atoms with van der Waals surface area (Å²) in [6.45, 7) is 4.27. The first-order valence-electron chi connectivity index (χ1n) is 11.0. The predicted molar refractivity (Wildman–Crippen MR) is 133 cm³/mol. The Morgan fingerprint density at radius 2 is 1.91 bits per heavy atom. The van der Waals surface area contributed by atoms with Crippen LogP contribution in [0.15, 0.2) is 82.8 Å². The maximum atomic E-state index is 12.9. The van der Waals surface area contributed by atoms with Gasteiger partial charge >= 0.3 is 0 Å². The van der Waals surface area contributed by atoms with Crippen LogP contribution in [0.5, 0.6) is 0 Å². The fourth-order valence-electron chi connectivity index (χ4n) is 3.75. The van der Waals surface area contributed by atoms with Crippen molar-refractivity contribution < 1.29 is 9.21 Å². The Kier molecular flexibility index (Phi) is 6.44. The van der Waals surface area contributed by atoms with E-state index in [9.17, 15) is 4.79 Å². The van der Waals surface area contributed by atoms with E-state index in [1.54, 1.807) is 18.7 Å². The number of pyridine rings is 1. The monoisotopic (exact) mass is 485 g/mol. The number of para-hydroxylation sites is 1. The molecule has 9 nitrogen and oxygen atoms in total. The van der Waals surface area contributed by atoms with Crippen LogP contribution in [0.2, 0.25) is 0 Å². The number of aromatic nitrogens is 6. The minimum absolute atomic E-state index is 0.149. The number of hydrogen-bond acceptors (Lipinski definition) is 7. The van der Waals surface area contributed by atoms with Crippen LogP contribution in [-0.4, -0.2) is 41.2 Å². The Morgan fingerprint density at radius 1 is 1.06 bits per heavy atom. The van der Waals surface area contributed by atoms with E-state index in [1.165, 1.54) is 11.8 Å². The second-order valence-corrected chi connectivity index (χ2v) is 8.79. The minimum atomic E-state index is -0.149. The number of thioether (sulfide) groups is 1. The molecule has 35 heavy (non-hydrogen) atoms. The van der Waals surface area contributed by atoms with Crippen molar-refractivity contribution in [2.24, 2.45) is 0 Å². The van der Waals surface area contributed by atoms with E-state index >= 15 is 0 Å². The highest BCUT2D eigenvalue weighted by Gasteiger charge is 2.19. The largest absolute Gasteiger partial charge is 0.467 e. The van der Waals surface area contributed by atoms with Crippen LogP contribution in [0.3, 0.4) is 0 Å². The molecule has 0 saturated carbocycles. The summed E-state index contributed by atoms with van der Waals surface area (Å²) in [6.07, 6.45) is 5.07. The lowest BCUT2D eigenvalue weighted by Gasteiger charge is -2.09. The Morgan fingerprint density at radius 3 is 2.66 bits per heavy atom. The maximum Gasteiger partial charge on any atom is 0.234 e. The van der Waals surface area contributed by atoms with Crippen LogP contribution >= 0.6 is 11.8 Å². The zero-order valence-electron chi connectivity index (χ0n) is 19.3. The average molecular weight is 486 g/mol. The van der Waals surface area contributed by atoms with Crippen LogP contribution in [0.1, 0.15) is 17.1 Å². The molecule has 5 aromatic rings. The van der Waals surface area contributed by atoms with Crippen molar-refractivity contribution >= 4 is 23.4 Å². The number of nitrogens with one attached hydrogen (secondary N) is 1. The van der Waals surface area contributed by atoms with Crippen molar-refractivity contribution in [2.45, 2.75) is 25.5 Å². The highest BCUT2D eigenvalue weighted by Crippen LogP contribution is 2.26. The molecule has 1 N–H and O–H groups in total. The molecule has 5 rings (SSSR count). The molecule has 4 aromatic heterocycles. The van der Waals surface area contributed by atoms with Gasteiger partial charge in [0.2, 0.25) is 5.91 Å². The van der Waals surface area contributed by atoms with Crippen molar-refractivity contribution in [1.29, 1.82) is 0 Å². The zero-order valence-corrected chi connectivity index (χ0v) is 20.1. The first kappa shape index (κ1) is 22.6. The third-order valence-electron chi connectivity index (χ3n) is 5.42. The summed E-state index contributed by atoms with van der Waals surface area (Å²) >= 11 is 1.31. The smallest absolute Gasteiger partial charge is 0.234 e. The van der Waals surface area contributed by atoms with Crippen LogP contribution in [0, 0.1) is 13.8 Å². The fraction of sp³-hybridized carbons (Fsp3) is 0.160. The quantitative estimate of drug-likeness (QED) is 0.322. The Hall–Kier alpha value is -4.18. The molecule has 0 bridgehead atoms. The third kappa shape index (κ3) is 4.87. The molecule has 0 spiro atoms. The molecule has 0 aliphatic rings. The standard InChI is InChI=1S/C25H23N7O2S/c1-17-23(18(2)32(30-17)20-9-4-3-5-10-20)27-22(33)16-35-25-29-28-24(19-8-6-12-26-14-19)31(25)15-21-11-7-13-34-21/h3-14H,15-16H2,1-2H3,(H,27,33). The van der Waals surface area contributed by atoms with Gasteiger partial charge in [-0.3, -0.25) is 14.3 Å². The van der Waals surface area contributed by atoms with E-state index in [1.807, 2.05) is 77.7 Å². The van der Waals surface area contributed by atoms with Crippen LogP contribution in [-0.2, 0) is 11.3 Å². The van der Waals surface area contributed by atoms with Gasteiger partial charge < -0.3 is 9.73 Å². The molecular formula is C25H23N7O2S. The molecule has 0 unspecified atom stereocenters. The zero-order chi connectivity index (χ0) is 24.2. The summed E-state index contributed by atoms with van der Waals surface area (Å²) in [5.74, 6) is 1.44. The summed E-state index contributed by atoms with van der Waals surface area (Å²) in [6, 6.07) is 17.3. The number of carbonyl (C=O) groups excluding carboxylic acids is 1. The number of hydrogen-bond donors (Lipinski definition) is 1. The minimum Gasteiger partial charge on any atom is -0.467 e. The van der Waals surface area contributed by atoms with Gasteiger partial charge in [0.1, 0.15) is 5.76 Å². The van der Waals surface area contributed by atoms with Gasteiger partial charge in [-0.1, -0.05) is 30.0 Å². The molecule has 4 heterocycles. The second-order valence-electron chi connectivity index (χ2n) is 7.84. The first-order valence-corrected chi connectivity index (χ1v) is 12.0. The van der Waals surface area contributed by atoms with E-state index < -0.39 is 0 Å². The Balaban J connectivity index is 1.33. The molecule has 0 aliphatic carbocycles. The second kappa shape index (κ2) is 9.98. The normalized spacial score (nSPS) is 11.0. The summed E-state index contributed by atoms with van der Waals surface area (Å²) in [7, 11) is 0. The lowest BCUT2D eigenvalue weighted by atomic mass is 10.2. The third-order valence-corrected chi connectivity index (χ3v) is 6.39. The van der Waals surface area contributed by atoms with E-state index in [-0.39, 0.29) is 11.7 Å². The van der Waals surface area contributed by atoms with Gasteiger partial charge in [-0.25, -0.2) is 4.68 Å². The van der Waals surface area contributed by atoms with Gasteiger partial charge in [-0.2, -0.15) is 5.10 Å². The summed E-state index contributed by atoms with van der Waals surface area (Å²) in [5, 5.41) is 16.9. The van der Waals surface area contributed by atoms with E-state index in [2.05, 4.69) is 25.6 Å². The number of amides is 1.